The Morgan fingerprint density at radius 2 is 1.89 bits per heavy atom. The van der Waals surface area contributed by atoms with E-state index in [-0.39, 0.29) is 12.4 Å². The molecule has 5 heteroatoms. The molecule has 1 rings (SSSR count). The van der Waals surface area contributed by atoms with Gasteiger partial charge in [0.25, 0.3) is 0 Å². The predicted octanol–water partition coefficient (Wildman–Crippen LogP) is -2.51. The molecule has 0 saturated heterocycles. The standard InChI is InChI=1S/C13H20N2O2.ClH/c1-14-13(16)17-12-8-6-11(7-9-12)5-4-10-15(2)3;/h6-9H,4-5,10H2,1-3H3,(H,14,16);1H. The minimum Gasteiger partial charge on any atom is -1.00 e. The number of hydrogen-bond donors (Lipinski definition) is 2. The minimum atomic E-state index is -0.436. The van der Waals surface area contributed by atoms with Crippen molar-refractivity contribution in [1.82, 2.24) is 5.32 Å². The van der Waals surface area contributed by atoms with Crippen molar-refractivity contribution in [2.24, 2.45) is 0 Å². The number of amides is 1. The summed E-state index contributed by atoms with van der Waals surface area (Å²) >= 11 is 0. The number of quaternary nitrogens is 1. The van der Waals surface area contributed by atoms with Crippen LogP contribution in [0, 0.1) is 0 Å². The Balaban J connectivity index is 0.00000289. The first-order chi connectivity index (χ1) is 8.11. The Kier molecular flexibility index (Phi) is 8.16. The van der Waals surface area contributed by atoms with E-state index in [1.807, 2.05) is 24.3 Å². The fourth-order valence-corrected chi connectivity index (χ4v) is 1.53. The van der Waals surface area contributed by atoms with Crippen molar-refractivity contribution in [2.75, 3.05) is 27.7 Å². The topological polar surface area (TPSA) is 42.8 Å². The van der Waals surface area contributed by atoms with Crippen molar-refractivity contribution in [2.45, 2.75) is 12.8 Å². The monoisotopic (exact) mass is 272 g/mol. The summed E-state index contributed by atoms with van der Waals surface area (Å²) in [5.74, 6) is 0.575. The molecule has 18 heavy (non-hydrogen) atoms. The first-order valence-corrected chi connectivity index (χ1v) is 5.89. The molecule has 0 saturated carbocycles. The molecule has 4 nitrogen and oxygen atoms in total. The third-order valence-electron chi connectivity index (χ3n) is 2.48. The lowest BCUT2D eigenvalue weighted by Crippen LogP contribution is -3.05. The van der Waals surface area contributed by atoms with Gasteiger partial charge in [-0.05, 0) is 24.1 Å². The molecule has 1 aromatic carbocycles. The van der Waals surface area contributed by atoms with Crippen LogP contribution in [0.5, 0.6) is 5.75 Å². The van der Waals surface area contributed by atoms with Crippen LogP contribution < -0.4 is 27.4 Å². The second kappa shape index (κ2) is 8.78. The van der Waals surface area contributed by atoms with Crippen LogP contribution in [0.15, 0.2) is 24.3 Å². The Morgan fingerprint density at radius 1 is 1.28 bits per heavy atom. The van der Waals surface area contributed by atoms with E-state index < -0.39 is 6.09 Å². The number of rotatable bonds is 5. The molecule has 2 N–H and O–H groups in total. The molecule has 0 aliphatic heterocycles. The number of ether oxygens (including phenoxy) is 1. The third-order valence-corrected chi connectivity index (χ3v) is 2.48. The molecule has 0 heterocycles. The maximum atomic E-state index is 11.0. The van der Waals surface area contributed by atoms with Gasteiger partial charge in [-0.1, -0.05) is 12.1 Å². The first kappa shape index (κ1) is 16.7. The summed E-state index contributed by atoms with van der Waals surface area (Å²) in [5, 5.41) is 2.41. The summed E-state index contributed by atoms with van der Waals surface area (Å²) in [7, 11) is 5.85. The maximum Gasteiger partial charge on any atom is 0.412 e. The second-order valence-electron chi connectivity index (χ2n) is 4.34. The van der Waals surface area contributed by atoms with Crippen molar-refractivity contribution in [3.63, 3.8) is 0 Å². The van der Waals surface area contributed by atoms with Gasteiger partial charge in [-0.3, -0.25) is 0 Å². The molecular weight excluding hydrogens is 252 g/mol. The van der Waals surface area contributed by atoms with Gasteiger partial charge in [-0.2, -0.15) is 0 Å². The summed E-state index contributed by atoms with van der Waals surface area (Å²) in [6.07, 6.45) is 1.79. The highest BCUT2D eigenvalue weighted by molar-refractivity contribution is 5.69. The smallest absolute Gasteiger partial charge is 0.412 e. The van der Waals surface area contributed by atoms with Crippen LogP contribution in [-0.2, 0) is 6.42 Å². The van der Waals surface area contributed by atoms with Gasteiger partial charge in [0.1, 0.15) is 5.75 Å². The van der Waals surface area contributed by atoms with E-state index in [0.717, 1.165) is 19.4 Å². The Bertz CT molecular complexity index is 353. The largest absolute Gasteiger partial charge is 1.00 e. The van der Waals surface area contributed by atoms with Crippen molar-refractivity contribution < 1.29 is 26.8 Å². The number of halogens is 1. The number of benzene rings is 1. The Morgan fingerprint density at radius 3 is 2.39 bits per heavy atom. The summed E-state index contributed by atoms with van der Waals surface area (Å²) in [6, 6.07) is 7.66. The van der Waals surface area contributed by atoms with E-state index in [4.69, 9.17) is 4.74 Å². The molecular formula is C13H21ClN2O2. The zero-order valence-corrected chi connectivity index (χ0v) is 11.9. The first-order valence-electron chi connectivity index (χ1n) is 5.89. The van der Waals surface area contributed by atoms with Crippen LogP contribution in [0.2, 0.25) is 0 Å². The summed E-state index contributed by atoms with van der Waals surface area (Å²) in [4.78, 5) is 12.4. The fraction of sp³-hybridized carbons (Fsp3) is 0.462. The van der Waals surface area contributed by atoms with Gasteiger partial charge in [0.05, 0.1) is 20.6 Å². The average Bonchev–Trinajstić information content (AvgIpc) is 2.31. The lowest BCUT2D eigenvalue weighted by atomic mass is 10.1. The highest BCUT2D eigenvalue weighted by atomic mass is 35.5. The number of carbonyl (C=O) groups excluding carboxylic acids is 1. The maximum absolute atomic E-state index is 11.0. The second-order valence-corrected chi connectivity index (χ2v) is 4.34. The molecule has 102 valence electrons. The molecule has 0 aliphatic rings. The molecule has 0 aliphatic carbocycles. The molecule has 0 bridgehead atoms. The molecule has 0 radical (unpaired) electrons. The quantitative estimate of drug-likeness (QED) is 0.622. The number of carbonyl (C=O) groups is 1. The van der Waals surface area contributed by atoms with Crippen molar-refractivity contribution in [1.29, 1.82) is 0 Å². The molecule has 0 unspecified atom stereocenters. The van der Waals surface area contributed by atoms with Crippen LogP contribution in [0.4, 0.5) is 4.79 Å². The summed E-state index contributed by atoms with van der Waals surface area (Å²) < 4.78 is 5.01. The molecule has 0 aromatic heterocycles. The molecule has 1 amide bonds. The highest BCUT2D eigenvalue weighted by Crippen LogP contribution is 2.13. The van der Waals surface area contributed by atoms with Crippen LogP contribution in [-0.4, -0.2) is 33.8 Å². The molecule has 0 fully saturated rings. The van der Waals surface area contributed by atoms with E-state index in [9.17, 15) is 4.79 Å². The van der Waals surface area contributed by atoms with Crippen LogP contribution in [0.25, 0.3) is 0 Å². The van der Waals surface area contributed by atoms with Gasteiger partial charge in [0.2, 0.25) is 0 Å². The van der Waals surface area contributed by atoms with Crippen molar-refractivity contribution >= 4 is 6.09 Å². The van der Waals surface area contributed by atoms with Crippen molar-refractivity contribution in [3.05, 3.63) is 29.8 Å². The summed E-state index contributed by atoms with van der Waals surface area (Å²) in [5.41, 5.74) is 1.27. The summed E-state index contributed by atoms with van der Waals surface area (Å²) in [6.45, 7) is 1.16. The van der Waals surface area contributed by atoms with E-state index in [0.29, 0.717) is 5.75 Å². The van der Waals surface area contributed by atoms with Gasteiger partial charge in [0.15, 0.2) is 0 Å². The van der Waals surface area contributed by atoms with E-state index in [1.54, 1.807) is 7.05 Å². The zero-order valence-electron chi connectivity index (χ0n) is 11.1. The van der Waals surface area contributed by atoms with Crippen LogP contribution in [0.3, 0.4) is 0 Å². The third kappa shape index (κ3) is 6.47. The lowest BCUT2D eigenvalue weighted by molar-refractivity contribution is -0.858. The zero-order chi connectivity index (χ0) is 12.7. The van der Waals surface area contributed by atoms with Gasteiger partial charge in [-0.15, -0.1) is 0 Å². The SMILES string of the molecule is CNC(=O)Oc1ccc(CCC[NH+](C)C)cc1.[Cl-]. The van der Waals surface area contributed by atoms with E-state index >= 15 is 0 Å². The van der Waals surface area contributed by atoms with Crippen LogP contribution >= 0.6 is 0 Å². The fourth-order valence-electron chi connectivity index (χ4n) is 1.53. The lowest BCUT2D eigenvalue weighted by Gasteiger charge is -2.07. The van der Waals surface area contributed by atoms with Crippen LogP contribution in [0.1, 0.15) is 12.0 Å². The van der Waals surface area contributed by atoms with Gasteiger partial charge < -0.3 is 27.4 Å². The molecule has 1 aromatic rings. The normalized spacial score (nSPS) is 9.78. The van der Waals surface area contributed by atoms with Crippen molar-refractivity contribution in [3.8, 4) is 5.75 Å². The Hall–Kier alpha value is -1.26. The number of aryl methyl sites for hydroxylation is 1. The molecule has 0 atom stereocenters. The molecule has 0 spiro atoms. The van der Waals surface area contributed by atoms with Gasteiger partial charge in [0, 0.05) is 13.5 Å². The van der Waals surface area contributed by atoms with E-state index in [2.05, 4.69) is 19.4 Å². The van der Waals surface area contributed by atoms with E-state index in [1.165, 1.54) is 10.5 Å². The Labute approximate surface area is 115 Å². The van der Waals surface area contributed by atoms with Gasteiger partial charge >= 0.3 is 6.09 Å². The highest BCUT2D eigenvalue weighted by Gasteiger charge is 2.01. The van der Waals surface area contributed by atoms with Gasteiger partial charge in [-0.25, -0.2) is 4.79 Å². The number of hydrogen-bond acceptors (Lipinski definition) is 2. The minimum absolute atomic E-state index is 0. The predicted molar refractivity (Wildman–Crippen MR) is 67.5 cm³/mol. The number of nitrogens with one attached hydrogen (secondary N) is 2. The average molecular weight is 273 g/mol.